The summed E-state index contributed by atoms with van der Waals surface area (Å²) in [5, 5.41) is 10.8. The third-order valence-corrected chi connectivity index (χ3v) is 2.95. The summed E-state index contributed by atoms with van der Waals surface area (Å²) in [5.41, 5.74) is 0.674. The summed E-state index contributed by atoms with van der Waals surface area (Å²) in [6.45, 7) is 0.751. The molecule has 0 aromatic heterocycles. The Morgan fingerprint density at radius 1 is 1.27 bits per heavy atom. The first-order valence-corrected chi connectivity index (χ1v) is 6.47. The molecule has 8 heteroatoms. The number of carbonyl (C=O) groups excluding carboxylic acids is 1. The summed E-state index contributed by atoms with van der Waals surface area (Å²) in [4.78, 5) is 22.4. The number of hydrogen-bond donors (Lipinski definition) is 2. The summed E-state index contributed by atoms with van der Waals surface area (Å²) in [7, 11) is 0. The minimum atomic E-state index is -4.52. The number of hydrogen-bond acceptors (Lipinski definition) is 3. The van der Waals surface area contributed by atoms with Gasteiger partial charge in [0.15, 0.2) is 0 Å². The lowest BCUT2D eigenvalue weighted by Gasteiger charge is -2.20. The molecule has 0 aliphatic rings. The molecule has 1 aromatic carbocycles. The third kappa shape index (κ3) is 6.02. The van der Waals surface area contributed by atoms with Gasteiger partial charge >= 0.3 is 18.2 Å². The number of carboxylic acids is 1. The van der Waals surface area contributed by atoms with Crippen molar-refractivity contribution in [2.75, 3.05) is 0 Å². The lowest BCUT2D eigenvalue weighted by molar-refractivity contribution is -0.174. The molecule has 0 saturated carbocycles. The number of nitrogens with one attached hydrogen (secondary N) is 1. The van der Waals surface area contributed by atoms with Gasteiger partial charge in [0.1, 0.15) is 12.6 Å². The van der Waals surface area contributed by atoms with Gasteiger partial charge in [-0.2, -0.15) is 13.2 Å². The van der Waals surface area contributed by atoms with Gasteiger partial charge in [-0.25, -0.2) is 9.59 Å². The van der Waals surface area contributed by atoms with Crippen LogP contribution in [0.3, 0.4) is 0 Å². The number of amides is 1. The van der Waals surface area contributed by atoms with Crippen molar-refractivity contribution >= 4 is 12.1 Å². The van der Waals surface area contributed by atoms with Crippen LogP contribution < -0.4 is 5.32 Å². The summed E-state index contributed by atoms with van der Waals surface area (Å²) >= 11 is 0. The zero-order valence-corrected chi connectivity index (χ0v) is 11.8. The van der Waals surface area contributed by atoms with Crippen LogP contribution in [0.2, 0.25) is 0 Å². The van der Waals surface area contributed by atoms with Gasteiger partial charge < -0.3 is 15.2 Å². The molecule has 22 heavy (non-hydrogen) atoms. The molecule has 2 N–H and O–H groups in total. The van der Waals surface area contributed by atoms with E-state index in [1.54, 1.807) is 30.3 Å². The quantitative estimate of drug-likeness (QED) is 0.845. The van der Waals surface area contributed by atoms with Crippen LogP contribution in [0.1, 0.15) is 18.9 Å². The van der Waals surface area contributed by atoms with Gasteiger partial charge in [-0.05, 0) is 12.0 Å². The maximum absolute atomic E-state index is 12.4. The van der Waals surface area contributed by atoms with E-state index in [1.807, 2.05) is 5.32 Å². The average molecular weight is 319 g/mol. The number of halogens is 3. The Bertz CT molecular complexity index is 505. The van der Waals surface area contributed by atoms with E-state index in [9.17, 15) is 22.8 Å². The van der Waals surface area contributed by atoms with Gasteiger partial charge in [-0.3, -0.25) is 0 Å². The smallest absolute Gasteiger partial charge is 0.408 e. The van der Waals surface area contributed by atoms with Crippen molar-refractivity contribution in [3.05, 3.63) is 35.9 Å². The predicted octanol–water partition coefficient (Wildman–Crippen LogP) is 2.95. The number of aliphatic carboxylic acids is 1. The van der Waals surface area contributed by atoms with Crippen molar-refractivity contribution in [2.45, 2.75) is 32.2 Å². The SMILES string of the molecule is C[C@@H](CC(NC(=O)OCc1ccccc1)C(=O)O)C(F)(F)F. The van der Waals surface area contributed by atoms with E-state index in [1.165, 1.54) is 0 Å². The molecule has 1 aromatic rings. The molecule has 0 aliphatic heterocycles. The molecule has 0 aliphatic carbocycles. The van der Waals surface area contributed by atoms with Crippen LogP contribution >= 0.6 is 0 Å². The normalized spacial score (nSPS) is 14.0. The highest BCUT2D eigenvalue weighted by atomic mass is 19.4. The maximum atomic E-state index is 12.4. The lowest BCUT2D eigenvalue weighted by atomic mass is 10.0. The number of alkyl carbamates (subject to hydrolysis) is 1. The second kappa shape index (κ2) is 7.67. The van der Waals surface area contributed by atoms with Gasteiger partial charge in [0, 0.05) is 0 Å². The Kier molecular flexibility index (Phi) is 6.21. The van der Waals surface area contributed by atoms with Crippen LogP contribution in [-0.2, 0) is 16.1 Å². The summed E-state index contributed by atoms with van der Waals surface area (Å²) < 4.78 is 42.1. The molecular weight excluding hydrogens is 303 g/mol. The van der Waals surface area contributed by atoms with Gasteiger partial charge in [0.05, 0.1) is 5.92 Å². The Balaban J connectivity index is 2.52. The lowest BCUT2D eigenvalue weighted by Crippen LogP contribution is -2.43. The zero-order chi connectivity index (χ0) is 16.8. The number of benzene rings is 1. The number of carboxylic acid groups (broad SMARTS) is 1. The fourth-order valence-corrected chi connectivity index (χ4v) is 1.62. The molecule has 1 rings (SSSR count). The number of ether oxygens (including phenoxy) is 1. The van der Waals surface area contributed by atoms with E-state index >= 15 is 0 Å². The predicted molar refractivity (Wildman–Crippen MR) is 71.0 cm³/mol. The van der Waals surface area contributed by atoms with Crippen LogP contribution in [-0.4, -0.2) is 29.4 Å². The van der Waals surface area contributed by atoms with Crippen molar-refractivity contribution in [3.63, 3.8) is 0 Å². The number of rotatable bonds is 6. The molecule has 0 saturated heterocycles. The third-order valence-electron chi connectivity index (χ3n) is 2.95. The van der Waals surface area contributed by atoms with Crippen LogP contribution in [0.25, 0.3) is 0 Å². The summed E-state index contributed by atoms with van der Waals surface area (Å²) in [6.07, 6.45) is -6.37. The van der Waals surface area contributed by atoms with Crippen LogP contribution in [0.15, 0.2) is 30.3 Å². The second-order valence-electron chi connectivity index (χ2n) is 4.78. The highest BCUT2D eigenvalue weighted by Gasteiger charge is 2.39. The first kappa shape index (κ1) is 17.8. The Morgan fingerprint density at radius 3 is 2.36 bits per heavy atom. The molecule has 2 atom stereocenters. The van der Waals surface area contributed by atoms with Crippen molar-refractivity contribution < 1.29 is 32.6 Å². The minimum absolute atomic E-state index is 0.103. The summed E-state index contributed by atoms with van der Waals surface area (Å²) in [6, 6.07) is 6.92. The fourth-order valence-electron chi connectivity index (χ4n) is 1.62. The highest BCUT2D eigenvalue weighted by Crippen LogP contribution is 2.29. The van der Waals surface area contributed by atoms with Gasteiger partial charge in [0.25, 0.3) is 0 Å². The zero-order valence-electron chi connectivity index (χ0n) is 11.8. The van der Waals surface area contributed by atoms with Crippen LogP contribution in [0.4, 0.5) is 18.0 Å². The second-order valence-corrected chi connectivity index (χ2v) is 4.78. The van der Waals surface area contributed by atoms with Gasteiger partial charge in [-0.15, -0.1) is 0 Å². The fraction of sp³-hybridized carbons (Fsp3) is 0.429. The summed E-state index contributed by atoms with van der Waals surface area (Å²) in [5.74, 6) is -3.41. The molecule has 0 bridgehead atoms. The minimum Gasteiger partial charge on any atom is -0.480 e. The monoisotopic (exact) mass is 319 g/mol. The molecule has 5 nitrogen and oxygen atoms in total. The van der Waals surface area contributed by atoms with Crippen LogP contribution in [0, 0.1) is 5.92 Å². The Labute approximate surface area is 125 Å². The van der Waals surface area contributed by atoms with E-state index in [-0.39, 0.29) is 6.61 Å². The standard InChI is InChI=1S/C14H16F3NO4/c1-9(14(15,16)17)7-11(12(19)20)18-13(21)22-8-10-5-3-2-4-6-10/h2-6,9,11H,7-8H2,1H3,(H,18,21)(H,19,20)/t9-,11?/m0/s1. The molecule has 1 unspecified atom stereocenters. The van der Waals surface area contributed by atoms with Crippen LogP contribution in [0.5, 0.6) is 0 Å². The molecule has 0 spiro atoms. The molecule has 1 amide bonds. The van der Waals surface area contributed by atoms with E-state index in [2.05, 4.69) is 0 Å². The van der Waals surface area contributed by atoms with E-state index < -0.39 is 36.6 Å². The number of carbonyl (C=O) groups is 2. The van der Waals surface area contributed by atoms with Crippen molar-refractivity contribution in [1.29, 1.82) is 0 Å². The molecular formula is C14H16F3NO4. The average Bonchev–Trinajstić information content (AvgIpc) is 2.44. The molecule has 0 radical (unpaired) electrons. The largest absolute Gasteiger partial charge is 0.480 e. The molecule has 0 fully saturated rings. The maximum Gasteiger partial charge on any atom is 0.408 e. The Hall–Kier alpha value is -2.25. The topological polar surface area (TPSA) is 75.6 Å². The van der Waals surface area contributed by atoms with Crippen molar-refractivity contribution in [3.8, 4) is 0 Å². The Morgan fingerprint density at radius 2 is 1.86 bits per heavy atom. The molecule has 122 valence electrons. The molecule has 0 heterocycles. The van der Waals surface area contributed by atoms with E-state index in [4.69, 9.17) is 9.84 Å². The van der Waals surface area contributed by atoms with Crippen molar-refractivity contribution in [2.24, 2.45) is 5.92 Å². The first-order valence-electron chi connectivity index (χ1n) is 6.47. The number of alkyl halides is 3. The van der Waals surface area contributed by atoms with Gasteiger partial charge in [-0.1, -0.05) is 37.3 Å². The van der Waals surface area contributed by atoms with E-state index in [0.717, 1.165) is 6.92 Å². The van der Waals surface area contributed by atoms with Gasteiger partial charge in [0.2, 0.25) is 0 Å². The highest BCUT2D eigenvalue weighted by molar-refractivity contribution is 5.79. The van der Waals surface area contributed by atoms with E-state index in [0.29, 0.717) is 5.56 Å². The van der Waals surface area contributed by atoms with Crippen molar-refractivity contribution in [1.82, 2.24) is 5.32 Å². The first-order chi connectivity index (χ1) is 10.2.